The van der Waals surface area contributed by atoms with Gasteiger partial charge >= 0.3 is 0 Å². The van der Waals surface area contributed by atoms with Gasteiger partial charge in [-0.15, -0.1) is 0 Å². The van der Waals surface area contributed by atoms with Crippen LogP contribution in [0.1, 0.15) is 21.5 Å². The van der Waals surface area contributed by atoms with E-state index in [0.717, 1.165) is 11.1 Å². The molecule has 3 aromatic carbocycles. The number of rotatable bonds is 6. The largest absolute Gasteiger partial charge is 0.489 e. The lowest BCUT2D eigenvalue weighted by atomic mass is 10.0. The van der Waals surface area contributed by atoms with Crippen LogP contribution in [0.2, 0.25) is 0 Å². The van der Waals surface area contributed by atoms with E-state index in [2.05, 4.69) is 0 Å². The summed E-state index contributed by atoms with van der Waals surface area (Å²) in [6, 6.07) is 27.1. The van der Waals surface area contributed by atoms with E-state index in [9.17, 15) is 4.79 Å². The van der Waals surface area contributed by atoms with Crippen LogP contribution in [0.5, 0.6) is 5.75 Å². The highest BCUT2D eigenvalue weighted by molar-refractivity contribution is 5.97. The fraction of sp³-hybridized carbons (Fsp3) is 0.0952. The summed E-state index contributed by atoms with van der Waals surface area (Å²) in [7, 11) is 0. The number of carbonyl (C=O) groups excluding carboxylic acids is 1. The van der Waals surface area contributed by atoms with Crippen molar-refractivity contribution in [3.05, 3.63) is 102 Å². The Bertz CT molecular complexity index is 764. The Morgan fingerprint density at radius 2 is 1.39 bits per heavy atom. The normalized spacial score (nSPS) is 10.3. The summed E-state index contributed by atoms with van der Waals surface area (Å²) in [5.41, 5.74) is 2.81. The molecule has 0 heterocycles. The highest BCUT2D eigenvalue weighted by Gasteiger charge is 2.08. The highest BCUT2D eigenvalue weighted by atomic mass is 16.5. The van der Waals surface area contributed by atoms with E-state index in [1.54, 1.807) is 0 Å². The second kappa shape index (κ2) is 7.41. The minimum atomic E-state index is 0.0985. The van der Waals surface area contributed by atoms with Gasteiger partial charge in [0.15, 0.2) is 5.78 Å². The molecule has 0 spiro atoms. The first-order chi connectivity index (χ1) is 11.3. The van der Waals surface area contributed by atoms with Crippen molar-refractivity contribution in [3.63, 3.8) is 0 Å². The number of ketones is 1. The SMILES string of the molecule is O=C(Cc1ccccc1)c1cccc(OCc2ccccc2)c1. The molecule has 0 saturated heterocycles. The molecule has 0 atom stereocenters. The first kappa shape index (κ1) is 15.0. The van der Waals surface area contributed by atoms with E-state index >= 15 is 0 Å². The van der Waals surface area contributed by atoms with Crippen LogP contribution in [0, 0.1) is 0 Å². The van der Waals surface area contributed by atoms with Crippen molar-refractivity contribution < 1.29 is 9.53 Å². The fourth-order valence-electron chi connectivity index (χ4n) is 2.38. The van der Waals surface area contributed by atoms with Gasteiger partial charge in [0, 0.05) is 12.0 Å². The summed E-state index contributed by atoms with van der Waals surface area (Å²) in [5, 5.41) is 0. The average Bonchev–Trinajstić information content (AvgIpc) is 2.62. The zero-order valence-corrected chi connectivity index (χ0v) is 12.8. The topological polar surface area (TPSA) is 26.3 Å². The molecular formula is C21H18O2. The van der Waals surface area contributed by atoms with Crippen LogP contribution < -0.4 is 4.74 Å². The van der Waals surface area contributed by atoms with Gasteiger partial charge in [-0.1, -0.05) is 72.8 Å². The summed E-state index contributed by atoms with van der Waals surface area (Å²) in [6.45, 7) is 0.497. The Labute approximate surface area is 136 Å². The van der Waals surface area contributed by atoms with E-state index in [-0.39, 0.29) is 5.78 Å². The Morgan fingerprint density at radius 1 is 0.739 bits per heavy atom. The Hall–Kier alpha value is -2.87. The molecule has 0 N–H and O–H groups in total. The molecule has 2 heteroatoms. The second-order valence-electron chi connectivity index (χ2n) is 5.39. The van der Waals surface area contributed by atoms with Gasteiger partial charge < -0.3 is 4.74 Å². The van der Waals surface area contributed by atoms with Crippen LogP contribution in [0.25, 0.3) is 0 Å². The summed E-state index contributed by atoms with van der Waals surface area (Å²) < 4.78 is 5.78. The highest BCUT2D eigenvalue weighted by Crippen LogP contribution is 2.17. The van der Waals surface area contributed by atoms with Crippen LogP contribution in [-0.4, -0.2) is 5.78 Å². The van der Waals surface area contributed by atoms with E-state index in [0.29, 0.717) is 24.3 Å². The molecule has 23 heavy (non-hydrogen) atoms. The monoisotopic (exact) mass is 302 g/mol. The van der Waals surface area contributed by atoms with Gasteiger partial charge in [0.1, 0.15) is 12.4 Å². The molecule has 0 amide bonds. The molecule has 0 aromatic heterocycles. The van der Waals surface area contributed by atoms with Crippen LogP contribution in [0.15, 0.2) is 84.9 Å². The quantitative estimate of drug-likeness (QED) is 0.617. The van der Waals surface area contributed by atoms with E-state index in [1.165, 1.54) is 0 Å². The molecule has 0 saturated carbocycles. The van der Waals surface area contributed by atoms with Crippen molar-refractivity contribution in [2.45, 2.75) is 13.0 Å². The van der Waals surface area contributed by atoms with Crippen molar-refractivity contribution in [2.24, 2.45) is 0 Å². The predicted molar refractivity (Wildman–Crippen MR) is 91.7 cm³/mol. The molecule has 3 aromatic rings. The number of benzene rings is 3. The molecular weight excluding hydrogens is 284 g/mol. The minimum absolute atomic E-state index is 0.0985. The van der Waals surface area contributed by atoms with Crippen molar-refractivity contribution in [2.75, 3.05) is 0 Å². The van der Waals surface area contributed by atoms with E-state index in [1.807, 2.05) is 84.9 Å². The van der Waals surface area contributed by atoms with Gasteiger partial charge in [-0.05, 0) is 23.3 Å². The molecule has 0 bridgehead atoms. The minimum Gasteiger partial charge on any atom is -0.489 e. The van der Waals surface area contributed by atoms with Crippen molar-refractivity contribution in [3.8, 4) is 5.75 Å². The van der Waals surface area contributed by atoms with Gasteiger partial charge in [-0.25, -0.2) is 0 Å². The average molecular weight is 302 g/mol. The van der Waals surface area contributed by atoms with E-state index in [4.69, 9.17) is 4.74 Å². The number of Topliss-reactive ketones (excluding diaryl/α,β-unsaturated/α-hetero) is 1. The van der Waals surface area contributed by atoms with Gasteiger partial charge in [0.2, 0.25) is 0 Å². The predicted octanol–water partition coefficient (Wildman–Crippen LogP) is 4.69. The zero-order valence-electron chi connectivity index (χ0n) is 12.8. The Kier molecular flexibility index (Phi) is 4.85. The van der Waals surface area contributed by atoms with Crippen LogP contribution in [0.3, 0.4) is 0 Å². The summed E-state index contributed by atoms with van der Waals surface area (Å²) >= 11 is 0. The number of hydrogen-bond donors (Lipinski definition) is 0. The molecule has 0 fully saturated rings. The maximum Gasteiger partial charge on any atom is 0.167 e. The lowest BCUT2D eigenvalue weighted by molar-refractivity contribution is 0.0992. The third-order valence-electron chi connectivity index (χ3n) is 3.61. The Balaban J connectivity index is 1.66. The van der Waals surface area contributed by atoms with Gasteiger partial charge in [-0.3, -0.25) is 4.79 Å². The molecule has 0 unspecified atom stereocenters. The molecule has 0 aliphatic rings. The first-order valence-electron chi connectivity index (χ1n) is 7.65. The second-order valence-corrected chi connectivity index (χ2v) is 5.39. The maximum absolute atomic E-state index is 12.4. The molecule has 0 aliphatic heterocycles. The lowest BCUT2D eigenvalue weighted by Gasteiger charge is -2.08. The molecule has 3 rings (SSSR count). The Morgan fingerprint density at radius 3 is 2.09 bits per heavy atom. The third kappa shape index (κ3) is 4.30. The first-order valence-corrected chi connectivity index (χ1v) is 7.65. The molecule has 0 aliphatic carbocycles. The number of carbonyl (C=O) groups is 1. The maximum atomic E-state index is 12.4. The van der Waals surface area contributed by atoms with E-state index < -0.39 is 0 Å². The van der Waals surface area contributed by atoms with Crippen LogP contribution >= 0.6 is 0 Å². The van der Waals surface area contributed by atoms with Crippen molar-refractivity contribution in [1.29, 1.82) is 0 Å². The molecule has 114 valence electrons. The summed E-state index contributed by atoms with van der Waals surface area (Å²) in [4.78, 5) is 12.4. The van der Waals surface area contributed by atoms with Gasteiger partial charge in [0.25, 0.3) is 0 Å². The summed E-state index contributed by atoms with van der Waals surface area (Å²) in [6.07, 6.45) is 0.406. The summed E-state index contributed by atoms with van der Waals surface area (Å²) in [5.74, 6) is 0.814. The fourth-order valence-corrected chi connectivity index (χ4v) is 2.38. The third-order valence-corrected chi connectivity index (χ3v) is 3.61. The van der Waals surface area contributed by atoms with Crippen LogP contribution in [0.4, 0.5) is 0 Å². The van der Waals surface area contributed by atoms with Crippen molar-refractivity contribution in [1.82, 2.24) is 0 Å². The zero-order chi connectivity index (χ0) is 15.9. The van der Waals surface area contributed by atoms with Gasteiger partial charge in [-0.2, -0.15) is 0 Å². The standard InChI is InChI=1S/C21H18O2/c22-21(14-17-8-3-1-4-9-17)19-12-7-13-20(15-19)23-16-18-10-5-2-6-11-18/h1-13,15H,14,16H2. The van der Waals surface area contributed by atoms with Crippen LogP contribution in [-0.2, 0) is 13.0 Å². The molecule has 0 radical (unpaired) electrons. The van der Waals surface area contributed by atoms with Gasteiger partial charge in [0.05, 0.1) is 0 Å². The number of ether oxygens (including phenoxy) is 1. The number of hydrogen-bond acceptors (Lipinski definition) is 2. The lowest BCUT2D eigenvalue weighted by Crippen LogP contribution is -2.04. The molecule has 2 nitrogen and oxygen atoms in total. The smallest absolute Gasteiger partial charge is 0.167 e. The van der Waals surface area contributed by atoms with Crippen molar-refractivity contribution >= 4 is 5.78 Å².